The van der Waals surface area contributed by atoms with Gasteiger partial charge in [-0.25, -0.2) is 4.79 Å². The van der Waals surface area contributed by atoms with Gasteiger partial charge in [-0.05, 0) is 50.3 Å². The number of anilines is 1. The van der Waals surface area contributed by atoms with E-state index in [1.54, 1.807) is 6.92 Å². The summed E-state index contributed by atoms with van der Waals surface area (Å²) in [7, 11) is 0. The lowest BCUT2D eigenvalue weighted by Gasteiger charge is -2.12. The zero-order valence-electron chi connectivity index (χ0n) is 16.7. The molecular formula is C23H23NO4S2. The first-order valence-electron chi connectivity index (χ1n) is 10.0. The number of carbonyl (C=O) groups excluding carboxylic acids is 2. The van der Waals surface area contributed by atoms with Crippen molar-refractivity contribution >= 4 is 40.0 Å². The molecule has 7 heteroatoms. The highest BCUT2D eigenvalue weighted by Gasteiger charge is 2.27. The number of hydrogen-bond acceptors (Lipinski definition) is 6. The van der Waals surface area contributed by atoms with Gasteiger partial charge in [0.05, 0.1) is 17.9 Å². The number of nitrogens with one attached hydrogen (secondary N) is 1. The lowest BCUT2D eigenvalue weighted by molar-refractivity contribution is -0.113. The minimum Gasteiger partial charge on any atom is -0.462 e. The molecule has 0 aliphatic heterocycles. The number of hydrogen-bond donors (Lipinski definition) is 1. The molecule has 3 aromatic rings. The van der Waals surface area contributed by atoms with E-state index >= 15 is 0 Å². The van der Waals surface area contributed by atoms with Crippen molar-refractivity contribution in [1.29, 1.82) is 0 Å². The second kappa shape index (κ2) is 9.53. The molecule has 1 aromatic carbocycles. The smallest absolute Gasteiger partial charge is 0.341 e. The Hall–Kier alpha value is -2.51. The van der Waals surface area contributed by atoms with Gasteiger partial charge in [-0.2, -0.15) is 0 Å². The highest BCUT2D eigenvalue weighted by Crippen LogP contribution is 2.39. The summed E-state index contributed by atoms with van der Waals surface area (Å²) < 4.78 is 11.1. The van der Waals surface area contributed by atoms with Crippen molar-refractivity contribution in [3.63, 3.8) is 0 Å². The van der Waals surface area contributed by atoms with Crippen LogP contribution in [-0.2, 0) is 22.4 Å². The average Bonchev–Trinajstić information content (AvgIpc) is 3.37. The summed E-state index contributed by atoms with van der Waals surface area (Å²) >= 11 is 2.83. The molecule has 0 unspecified atom stereocenters. The van der Waals surface area contributed by atoms with Crippen molar-refractivity contribution in [1.82, 2.24) is 0 Å². The maximum Gasteiger partial charge on any atom is 0.341 e. The van der Waals surface area contributed by atoms with Crippen molar-refractivity contribution in [3.8, 4) is 11.3 Å². The van der Waals surface area contributed by atoms with E-state index in [0.29, 0.717) is 22.3 Å². The quantitative estimate of drug-likeness (QED) is 0.371. The molecule has 0 fully saturated rings. The number of thioether (sulfide) groups is 1. The molecular weight excluding hydrogens is 418 g/mol. The Morgan fingerprint density at radius 3 is 2.73 bits per heavy atom. The molecule has 1 aliphatic carbocycles. The molecule has 4 rings (SSSR count). The van der Waals surface area contributed by atoms with Crippen LogP contribution in [0, 0.1) is 0 Å². The molecule has 0 spiro atoms. The molecule has 1 aliphatic rings. The van der Waals surface area contributed by atoms with Crippen LogP contribution in [0.4, 0.5) is 5.00 Å². The van der Waals surface area contributed by atoms with Gasteiger partial charge in [0.1, 0.15) is 10.8 Å². The number of benzene rings is 1. The molecule has 0 saturated heterocycles. The van der Waals surface area contributed by atoms with E-state index in [0.717, 1.165) is 42.6 Å². The SMILES string of the molecule is CCOC(=O)c1c(NC(=O)CSc2ccc(-c3ccccc3)o2)sc2c1CCCC2. The summed E-state index contributed by atoms with van der Waals surface area (Å²) in [5, 5.41) is 4.22. The van der Waals surface area contributed by atoms with Gasteiger partial charge in [0.2, 0.25) is 5.91 Å². The van der Waals surface area contributed by atoms with E-state index in [2.05, 4.69) is 5.32 Å². The van der Waals surface area contributed by atoms with Gasteiger partial charge in [0.25, 0.3) is 0 Å². The number of fused-ring (bicyclic) bond motifs is 1. The molecule has 1 N–H and O–H groups in total. The largest absolute Gasteiger partial charge is 0.462 e. The van der Waals surface area contributed by atoms with Gasteiger partial charge >= 0.3 is 5.97 Å². The van der Waals surface area contributed by atoms with E-state index in [9.17, 15) is 9.59 Å². The summed E-state index contributed by atoms with van der Waals surface area (Å²) in [6.45, 7) is 2.10. The number of aryl methyl sites for hydroxylation is 1. The van der Waals surface area contributed by atoms with E-state index in [4.69, 9.17) is 9.15 Å². The third-order valence-electron chi connectivity index (χ3n) is 4.89. The van der Waals surface area contributed by atoms with Crippen LogP contribution >= 0.6 is 23.1 Å². The number of furan rings is 1. The van der Waals surface area contributed by atoms with Crippen LogP contribution in [0.5, 0.6) is 0 Å². The van der Waals surface area contributed by atoms with Crippen LogP contribution in [-0.4, -0.2) is 24.2 Å². The average molecular weight is 442 g/mol. The first-order valence-corrected chi connectivity index (χ1v) is 11.9. The standard InChI is InChI=1S/C23H23NO4S2/c1-2-27-23(26)21-16-10-6-7-11-18(16)30-22(21)24-19(25)14-29-20-13-12-17(28-20)15-8-4-3-5-9-15/h3-5,8-9,12-13H,2,6-7,10-11,14H2,1H3,(H,24,25). The maximum absolute atomic E-state index is 12.6. The summed E-state index contributed by atoms with van der Waals surface area (Å²) in [6.07, 6.45) is 3.98. The molecule has 0 atom stereocenters. The summed E-state index contributed by atoms with van der Waals surface area (Å²) in [5.41, 5.74) is 2.59. The number of thiophene rings is 1. The predicted molar refractivity (Wildman–Crippen MR) is 120 cm³/mol. The monoisotopic (exact) mass is 441 g/mol. The van der Waals surface area contributed by atoms with Gasteiger partial charge in [-0.3, -0.25) is 4.79 Å². The zero-order valence-corrected chi connectivity index (χ0v) is 18.4. The maximum atomic E-state index is 12.6. The molecule has 0 radical (unpaired) electrons. The lowest BCUT2D eigenvalue weighted by Crippen LogP contribution is -2.17. The topological polar surface area (TPSA) is 68.5 Å². The van der Waals surface area contributed by atoms with Crippen molar-refractivity contribution < 1.29 is 18.7 Å². The molecule has 2 heterocycles. The Morgan fingerprint density at radius 2 is 1.93 bits per heavy atom. The zero-order chi connectivity index (χ0) is 20.9. The van der Waals surface area contributed by atoms with Gasteiger partial charge in [-0.15, -0.1) is 11.3 Å². The molecule has 156 valence electrons. The van der Waals surface area contributed by atoms with Crippen LogP contribution in [0.3, 0.4) is 0 Å². The van der Waals surface area contributed by atoms with Crippen molar-refractivity contribution in [2.45, 2.75) is 37.7 Å². The normalized spacial score (nSPS) is 13.0. The Kier molecular flexibility index (Phi) is 6.59. The summed E-state index contributed by atoms with van der Waals surface area (Å²) in [5.74, 6) is 0.460. The van der Waals surface area contributed by atoms with Crippen LogP contribution < -0.4 is 5.32 Å². The second-order valence-electron chi connectivity index (χ2n) is 6.96. The molecule has 1 amide bonds. The second-order valence-corrected chi connectivity index (χ2v) is 9.04. The van der Waals surface area contributed by atoms with Crippen molar-refractivity contribution in [2.24, 2.45) is 0 Å². The number of rotatable bonds is 7. The fraction of sp³-hybridized carbons (Fsp3) is 0.304. The fourth-order valence-corrected chi connectivity index (χ4v) is 5.48. The number of ether oxygens (including phenoxy) is 1. The highest BCUT2D eigenvalue weighted by atomic mass is 32.2. The third kappa shape index (κ3) is 4.63. The van der Waals surface area contributed by atoms with E-state index in [1.165, 1.54) is 28.0 Å². The Morgan fingerprint density at radius 1 is 1.13 bits per heavy atom. The lowest BCUT2D eigenvalue weighted by atomic mass is 9.95. The van der Waals surface area contributed by atoms with Gasteiger partial charge in [-0.1, -0.05) is 42.1 Å². The minimum absolute atomic E-state index is 0.165. The molecule has 30 heavy (non-hydrogen) atoms. The first-order chi connectivity index (χ1) is 14.7. The van der Waals surface area contributed by atoms with Gasteiger partial charge in [0, 0.05) is 10.4 Å². The molecule has 5 nitrogen and oxygen atoms in total. The van der Waals surface area contributed by atoms with Crippen LogP contribution in [0.25, 0.3) is 11.3 Å². The minimum atomic E-state index is -0.349. The van der Waals surface area contributed by atoms with Crippen LogP contribution in [0.1, 0.15) is 40.6 Å². The van der Waals surface area contributed by atoms with Crippen molar-refractivity contribution in [2.75, 3.05) is 17.7 Å². The summed E-state index contributed by atoms with van der Waals surface area (Å²) in [6, 6.07) is 13.6. The Bertz CT molecular complexity index is 1040. The number of carbonyl (C=O) groups is 2. The predicted octanol–water partition coefficient (Wildman–Crippen LogP) is 5.79. The van der Waals surface area contributed by atoms with Gasteiger partial charge < -0.3 is 14.5 Å². The number of esters is 1. The summed E-state index contributed by atoms with van der Waals surface area (Å²) in [4.78, 5) is 26.3. The van der Waals surface area contributed by atoms with Crippen molar-refractivity contribution in [3.05, 3.63) is 58.5 Å². The molecule has 0 saturated carbocycles. The van der Waals surface area contributed by atoms with E-state index < -0.39 is 0 Å². The van der Waals surface area contributed by atoms with Crippen LogP contribution in [0.2, 0.25) is 0 Å². The van der Waals surface area contributed by atoms with Crippen LogP contribution in [0.15, 0.2) is 52.0 Å². The fourth-order valence-electron chi connectivity index (χ4n) is 3.53. The molecule has 2 aromatic heterocycles. The van der Waals surface area contributed by atoms with Gasteiger partial charge in [0.15, 0.2) is 5.09 Å². The highest BCUT2D eigenvalue weighted by molar-refractivity contribution is 7.99. The van der Waals surface area contributed by atoms with E-state index in [-0.39, 0.29) is 17.6 Å². The Labute approximate surface area is 183 Å². The third-order valence-corrected chi connectivity index (χ3v) is 7.01. The first kappa shape index (κ1) is 20.8. The Balaban J connectivity index is 1.43. The number of amides is 1. The van der Waals surface area contributed by atoms with E-state index in [1.807, 2.05) is 42.5 Å². The molecule has 0 bridgehead atoms.